The third kappa shape index (κ3) is 24.2. The van der Waals surface area contributed by atoms with Crippen LogP contribution in [0.3, 0.4) is 0 Å². The topological polar surface area (TPSA) is 464 Å². The number of aliphatic imine (C=N–C) groups is 1. The van der Waals surface area contributed by atoms with E-state index in [9.17, 15) is 58.2 Å². The number of rotatable bonds is 32. The Morgan fingerprint density at radius 3 is 1.67 bits per heavy atom. The van der Waals surface area contributed by atoms with Gasteiger partial charge in [-0.3, -0.25) is 48.1 Å². The Morgan fingerprint density at radius 1 is 0.603 bits per heavy atom. The van der Waals surface area contributed by atoms with E-state index in [1.54, 1.807) is 27.7 Å². The van der Waals surface area contributed by atoms with Crippen molar-refractivity contribution in [2.24, 2.45) is 51.2 Å². The molecular weight excluding hydrogens is 832 g/mol. The molecule has 63 heavy (non-hydrogen) atoms. The maximum Gasteiger partial charge on any atom is 0.326 e. The number of aliphatic carboxylic acids is 1. The van der Waals surface area contributed by atoms with Crippen LogP contribution in [0.25, 0.3) is 0 Å². The first kappa shape index (κ1) is 56.8. The fraction of sp³-hybridized carbons (Fsp3) is 0.703. The summed E-state index contributed by atoms with van der Waals surface area (Å²) in [4.78, 5) is 130. The molecule has 7 atom stereocenters. The molecule has 0 aliphatic heterocycles. The van der Waals surface area contributed by atoms with Gasteiger partial charge in [0.05, 0.1) is 25.6 Å². The highest BCUT2D eigenvalue weighted by molar-refractivity contribution is 5.97. The maximum absolute atomic E-state index is 13.7. The van der Waals surface area contributed by atoms with E-state index in [2.05, 4.69) is 42.2 Å². The molecule has 26 heteroatoms. The van der Waals surface area contributed by atoms with E-state index in [-0.39, 0.29) is 63.5 Å². The number of amides is 9. The fourth-order valence-corrected chi connectivity index (χ4v) is 5.69. The highest BCUT2D eigenvalue weighted by atomic mass is 16.4. The number of guanidine groups is 1. The summed E-state index contributed by atoms with van der Waals surface area (Å²) < 4.78 is 0. The van der Waals surface area contributed by atoms with Crippen molar-refractivity contribution in [2.75, 3.05) is 26.2 Å². The van der Waals surface area contributed by atoms with Crippen molar-refractivity contribution < 1.29 is 58.2 Å². The van der Waals surface area contributed by atoms with Gasteiger partial charge in [0.1, 0.15) is 36.3 Å². The highest BCUT2D eigenvalue weighted by Crippen LogP contribution is 2.11. The van der Waals surface area contributed by atoms with Crippen LogP contribution in [0.1, 0.15) is 85.5 Å². The van der Waals surface area contributed by atoms with E-state index in [0.717, 1.165) is 0 Å². The van der Waals surface area contributed by atoms with Gasteiger partial charge in [0.25, 0.3) is 0 Å². The second-order valence-corrected chi connectivity index (χ2v) is 15.5. The van der Waals surface area contributed by atoms with Gasteiger partial charge in [-0.2, -0.15) is 0 Å². The third-order valence-corrected chi connectivity index (χ3v) is 9.05. The second kappa shape index (κ2) is 30.0. The minimum absolute atomic E-state index is 0.0366. The molecule has 0 unspecified atom stereocenters. The first-order valence-corrected chi connectivity index (χ1v) is 20.4. The number of hydrogen-bond acceptors (Lipinski definition) is 14. The predicted octanol–water partition coefficient (Wildman–Crippen LogP) is -6.56. The van der Waals surface area contributed by atoms with Gasteiger partial charge in [0, 0.05) is 13.0 Å². The Balaban J connectivity index is 6.10. The molecule has 0 aliphatic carbocycles. The maximum atomic E-state index is 13.7. The SMILES string of the molecule is CC(C)C[C@H](NC(=O)[C@H](CCCCN)NC(=O)CNC(=O)[C@H](CCCN=C(N)N)NC(=O)[C@H](CO)NC(=O)[C@@H](N)CC(N)=O)C(=O)N[C@H](C(=O)N[C@@H](CCC(N)=O)C(=O)O)C(C)C. The Kier molecular flexibility index (Phi) is 27.1. The number of hydrogen-bond donors (Lipinski definition) is 15. The molecule has 0 aliphatic rings. The summed E-state index contributed by atoms with van der Waals surface area (Å²) >= 11 is 0. The summed E-state index contributed by atoms with van der Waals surface area (Å²) in [7, 11) is 0. The van der Waals surface area contributed by atoms with Crippen molar-refractivity contribution in [3.8, 4) is 0 Å². The fourth-order valence-electron chi connectivity index (χ4n) is 5.69. The smallest absolute Gasteiger partial charge is 0.326 e. The molecule has 0 fully saturated rings. The number of carbonyl (C=O) groups is 10. The van der Waals surface area contributed by atoms with Crippen molar-refractivity contribution in [1.29, 1.82) is 0 Å². The van der Waals surface area contributed by atoms with Gasteiger partial charge in [0.2, 0.25) is 53.2 Å². The summed E-state index contributed by atoms with van der Waals surface area (Å²) in [5.74, 6) is -10.2. The van der Waals surface area contributed by atoms with Gasteiger partial charge >= 0.3 is 5.97 Å². The van der Waals surface area contributed by atoms with Crippen LogP contribution < -0.4 is 71.6 Å². The summed E-state index contributed by atoms with van der Waals surface area (Å²) in [6, 6.07) is -9.64. The zero-order valence-corrected chi connectivity index (χ0v) is 36.3. The molecule has 0 aromatic carbocycles. The summed E-state index contributed by atoms with van der Waals surface area (Å²) in [5, 5.41) is 36.3. The van der Waals surface area contributed by atoms with Gasteiger partial charge in [-0.1, -0.05) is 27.7 Å². The predicted molar refractivity (Wildman–Crippen MR) is 227 cm³/mol. The van der Waals surface area contributed by atoms with Crippen LogP contribution in [0.2, 0.25) is 0 Å². The molecule has 0 saturated heterocycles. The number of aliphatic hydroxyl groups excluding tert-OH is 1. The normalized spacial score (nSPS) is 14.3. The number of carboxylic acid groups (broad SMARTS) is 1. The number of nitrogens with one attached hydrogen (secondary N) is 7. The highest BCUT2D eigenvalue weighted by Gasteiger charge is 2.34. The van der Waals surface area contributed by atoms with Crippen molar-refractivity contribution in [2.45, 2.75) is 128 Å². The number of carboxylic acids is 1. The average Bonchev–Trinajstić information content (AvgIpc) is 3.18. The zero-order chi connectivity index (χ0) is 48.4. The molecule has 0 spiro atoms. The van der Waals surface area contributed by atoms with E-state index >= 15 is 0 Å². The number of unbranched alkanes of at least 4 members (excludes halogenated alkanes) is 1. The molecule has 21 N–H and O–H groups in total. The van der Waals surface area contributed by atoms with Crippen molar-refractivity contribution in [3.05, 3.63) is 0 Å². The standard InChI is InChI=1S/C37H68N14O12/c1-18(2)14-24(33(59)51-29(19(3)4)35(61)48-23(36(62)63)10-11-26(40)53)49-32(58)22(8-5-6-12-38)46-28(55)16-45-31(57)21(9-7-13-44-37(42)43)47-34(60)25(17-52)50-30(56)20(39)15-27(41)54/h18-25,29,52H,5-17,38-39H2,1-4H3,(H2,40,53)(H2,41,54)(H,45,57)(H,46,55)(H,47,60)(H,48,61)(H,49,58)(H,50,56)(H,51,59)(H,62,63)(H4,42,43,44)/t20-,21-,22-,23-,24-,25-,29-/m0/s1. The van der Waals surface area contributed by atoms with Crippen molar-refractivity contribution >= 4 is 65.1 Å². The lowest BCUT2D eigenvalue weighted by atomic mass is 9.99. The number of primary amides is 2. The third-order valence-electron chi connectivity index (χ3n) is 9.05. The first-order valence-electron chi connectivity index (χ1n) is 20.4. The van der Waals surface area contributed by atoms with Crippen LogP contribution >= 0.6 is 0 Å². The van der Waals surface area contributed by atoms with Crippen molar-refractivity contribution in [3.63, 3.8) is 0 Å². The van der Waals surface area contributed by atoms with Gasteiger partial charge < -0.3 is 81.8 Å². The Labute approximate surface area is 365 Å². The molecule has 0 rings (SSSR count). The van der Waals surface area contributed by atoms with E-state index in [4.69, 9.17) is 34.4 Å². The second-order valence-electron chi connectivity index (χ2n) is 15.5. The lowest BCUT2D eigenvalue weighted by molar-refractivity contribution is -0.143. The Hall–Kier alpha value is -6.15. The van der Waals surface area contributed by atoms with Gasteiger partial charge in [-0.25, -0.2) is 4.79 Å². The lowest BCUT2D eigenvalue weighted by Crippen LogP contribution is -2.59. The summed E-state index contributed by atoms with van der Waals surface area (Å²) in [5.41, 5.74) is 32.2. The van der Waals surface area contributed by atoms with Gasteiger partial charge in [-0.05, 0) is 63.3 Å². The molecule has 0 heterocycles. The molecule has 0 aromatic rings. The largest absolute Gasteiger partial charge is 0.480 e. The molecule has 358 valence electrons. The number of nitrogens with two attached hydrogens (primary N) is 6. The molecule has 0 aromatic heterocycles. The molecule has 0 radical (unpaired) electrons. The Bertz CT molecular complexity index is 1610. The molecule has 0 saturated carbocycles. The molecule has 9 amide bonds. The molecular formula is C37H68N14O12. The molecule has 26 nitrogen and oxygen atoms in total. The van der Waals surface area contributed by atoms with Crippen LogP contribution in [0.15, 0.2) is 4.99 Å². The quantitative estimate of drug-likeness (QED) is 0.0170. The van der Waals surface area contributed by atoms with E-state index in [1.165, 1.54) is 0 Å². The van der Waals surface area contributed by atoms with Crippen LogP contribution in [0, 0.1) is 11.8 Å². The minimum atomic E-state index is -1.61. The van der Waals surface area contributed by atoms with Gasteiger partial charge in [0.15, 0.2) is 5.96 Å². The van der Waals surface area contributed by atoms with Gasteiger partial charge in [-0.15, -0.1) is 0 Å². The minimum Gasteiger partial charge on any atom is -0.480 e. The zero-order valence-electron chi connectivity index (χ0n) is 36.3. The molecule has 0 bridgehead atoms. The Morgan fingerprint density at radius 2 is 1.14 bits per heavy atom. The van der Waals surface area contributed by atoms with Crippen LogP contribution in [0.5, 0.6) is 0 Å². The number of carbonyl (C=O) groups excluding carboxylic acids is 9. The van der Waals surface area contributed by atoms with Crippen LogP contribution in [0.4, 0.5) is 0 Å². The summed E-state index contributed by atoms with van der Waals surface area (Å²) in [6.45, 7) is 5.41. The van der Waals surface area contributed by atoms with Crippen molar-refractivity contribution in [1.82, 2.24) is 37.2 Å². The first-order chi connectivity index (χ1) is 29.4. The summed E-state index contributed by atoms with van der Waals surface area (Å²) in [6.07, 6.45) is -0.159. The van der Waals surface area contributed by atoms with E-state index < -0.39 is 127 Å². The number of nitrogens with zero attached hydrogens (tertiary/aromatic N) is 1. The van der Waals surface area contributed by atoms with Crippen LogP contribution in [-0.2, 0) is 47.9 Å². The number of aliphatic hydroxyl groups is 1. The average molecular weight is 901 g/mol. The van der Waals surface area contributed by atoms with E-state index in [0.29, 0.717) is 12.8 Å². The lowest BCUT2D eigenvalue weighted by Gasteiger charge is -2.28. The van der Waals surface area contributed by atoms with E-state index in [1.807, 2.05) is 0 Å². The monoisotopic (exact) mass is 901 g/mol. The van der Waals surface area contributed by atoms with Crippen LogP contribution in [-0.4, -0.2) is 144 Å².